The summed E-state index contributed by atoms with van der Waals surface area (Å²) in [4.78, 5) is 38.3. The van der Waals surface area contributed by atoms with E-state index in [9.17, 15) is 24.4 Å². The van der Waals surface area contributed by atoms with Crippen LogP contribution < -0.4 is 20.6 Å². The summed E-state index contributed by atoms with van der Waals surface area (Å²) in [5, 5.41) is 28.1. The number of fused-ring (bicyclic) bond motifs is 1. The average Bonchev–Trinajstić information content (AvgIpc) is 3.47. The number of hydrogen-bond donors (Lipinski definition) is 5. The quantitative estimate of drug-likeness (QED) is 0.119. The van der Waals surface area contributed by atoms with Gasteiger partial charge >= 0.3 is 19.6 Å². The first-order valence-corrected chi connectivity index (χ1v) is 17.0. The molecular weight excluding hydrogens is 625 g/mol. The van der Waals surface area contributed by atoms with Gasteiger partial charge in [0.1, 0.15) is 29.9 Å². The number of nitrogens with one attached hydrogen (secondary N) is 2. The molecule has 3 heterocycles. The van der Waals surface area contributed by atoms with Crippen LogP contribution in [0.15, 0.2) is 6.33 Å². The molecule has 0 bridgehead atoms. The van der Waals surface area contributed by atoms with Crippen LogP contribution in [0.25, 0.3) is 11.2 Å². The minimum atomic E-state index is -4.30. The third-order valence-corrected chi connectivity index (χ3v) is 9.02. The second kappa shape index (κ2) is 15.8. The highest BCUT2D eigenvalue weighted by Crippen LogP contribution is 2.45. The number of imidazole rings is 1. The molecule has 0 radical (unpaired) electrons. The van der Waals surface area contributed by atoms with Crippen molar-refractivity contribution >= 4 is 36.7 Å². The fourth-order valence-electron chi connectivity index (χ4n) is 4.99. The SMILES string of the molecule is CCOC(=O)[C@@H](NP(=O)(N[C@H](CC(C)C)C(=O)OCC)OC[C@H]1O[C@@H](n2cnc3c(OCC)nc(N)nc32)[C@](C)(O)[C@@H]1O)C(C)C. The minimum Gasteiger partial charge on any atom is -0.476 e. The van der Waals surface area contributed by atoms with Crippen molar-refractivity contribution < 1.29 is 47.8 Å². The smallest absolute Gasteiger partial charge is 0.342 e. The molecule has 3 rings (SSSR count). The molecule has 1 aliphatic heterocycles. The van der Waals surface area contributed by atoms with E-state index in [0.29, 0.717) is 6.61 Å². The molecule has 0 aliphatic carbocycles. The molecule has 0 aromatic carbocycles. The van der Waals surface area contributed by atoms with Crippen LogP contribution in [0.4, 0.5) is 5.95 Å². The van der Waals surface area contributed by atoms with Gasteiger partial charge in [-0.2, -0.15) is 9.97 Å². The lowest BCUT2D eigenvalue weighted by Crippen LogP contribution is -2.48. The summed E-state index contributed by atoms with van der Waals surface area (Å²) >= 11 is 0. The summed E-state index contributed by atoms with van der Waals surface area (Å²) in [6.07, 6.45) is -2.47. The topological polar surface area (TPSA) is 232 Å². The van der Waals surface area contributed by atoms with Crippen LogP contribution in [0, 0.1) is 11.8 Å². The van der Waals surface area contributed by atoms with Gasteiger partial charge in [0.25, 0.3) is 0 Å². The summed E-state index contributed by atoms with van der Waals surface area (Å²) in [5.41, 5.74) is 4.41. The van der Waals surface area contributed by atoms with Crippen molar-refractivity contribution in [3.8, 4) is 5.88 Å². The number of carbonyl (C=O) groups is 2. The molecule has 7 atom stereocenters. The van der Waals surface area contributed by atoms with Crippen molar-refractivity contribution in [2.45, 2.75) is 97.9 Å². The maximum atomic E-state index is 14.5. The van der Waals surface area contributed by atoms with E-state index in [1.54, 1.807) is 34.6 Å². The Kier molecular flexibility index (Phi) is 12.9. The van der Waals surface area contributed by atoms with E-state index in [0.717, 1.165) is 0 Å². The molecule has 1 fully saturated rings. The highest BCUT2D eigenvalue weighted by molar-refractivity contribution is 7.54. The lowest BCUT2D eigenvalue weighted by molar-refractivity contribution is -0.146. The third-order valence-electron chi connectivity index (χ3n) is 7.24. The maximum Gasteiger partial charge on any atom is 0.342 e. The Balaban J connectivity index is 1.94. The van der Waals surface area contributed by atoms with Gasteiger partial charge in [-0.1, -0.05) is 27.7 Å². The van der Waals surface area contributed by atoms with Crippen molar-refractivity contribution in [3.63, 3.8) is 0 Å². The van der Waals surface area contributed by atoms with Crippen LogP contribution in [-0.4, -0.2) is 98.0 Å². The van der Waals surface area contributed by atoms with Gasteiger partial charge in [-0.05, 0) is 46.0 Å². The molecule has 260 valence electrons. The van der Waals surface area contributed by atoms with Gasteiger partial charge in [0.05, 0.1) is 32.8 Å². The first kappa shape index (κ1) is 37.5. The van der Waals surface area contributed by atoms with Crippen molar-refractivity contribution in [2.24, 2.45) is 11.8 Å². The summed E-state index contributed by atoms with van der Waals surface area (Å²) in [7, 11) is -4.30. The highest BCUT2D eigenvalue weighted by atomic mass is 31.2. The van der Waals surface area contributed by atoms with Crippen molar-refractivity contribution in [1.82, 2.24) is 29.7 Å². The van der Waals surface area contributed by atoms with E-state index < -0.39 is 68.3 Å². The number of hydrogen-bond acceptors (Lipinski definition) is 14. The maximum absolute atomic E-state index is 14.5. The molecule has 17 nitrogen and oxygen atoms in total. The number of anilines is 1. The Morgan fingerprint density at radius 1 is 1.11 bits per heavy atom. The Morgan fingerprint density at radius 2 is 1.76 bits per heavy atom. The second-order valence-corrected chi connectivity index (χ2v) is 13.7. The molecule has 1 aliphatic rings. The zero-order valence-corrected chi connectivity index (χ0v) is 28.5. The first-order chi connectivity index (χ1) is 21.6. The summed E-state index contributed by atoms with van der Waals surface area (Å²) in [6.45, 7) is 13.6. The van der Waals surface area contributed by atoms with E-state index in [1.165, 1.54) is 17.8 Å². The molecular formula is C28H48N7O10P. The zero-order valence-electron chi connectivity index (χ0n) is 27.6. The van der Waals surface area contributed by atoms with Crippen LogP contribution in [-0.2, 0) is 32.9 Å². The Bertz CT molecular complexity index is 1390. The monoisotopic (exact) mass is 673 g/mol. The molecule has 1 saturated heterocycles. The molecule has 18 heteroatoms. The minimum absolute atomic E-state index is 0.0109. The normalized spacial score (nSPS) is 24.2. The molecule has 2 aromatic heterocycles. The predicted molar refractivity (Wildman–Crippen MR) is 166 cm³/mol. The van der Waals surface area contributed by atoms with Gasteiger partial charge in [-0.15, -0.1) is 0 Å². The van der Waals surface area contributed by atoms with Gasteiger partial charge in [0.15, 0.2) is 17.4 Å². The van der Waals surface area contributed by atoms with Gasteiger partial charge in [0.2, 0.25) is 11.8 Å². The molecule has 1 unspecified atom stereocenters. The largest absolute Gasteiger partial charge is 0.476 e. The van der Waals surface area contributed by atoms with Crippen molar-refractivity contribution in [3.05, 3.63) is 6.33 Å². The lowest BCUT2D eigenvalue weighted by Gasteiger charge is -2.31. The number of carbonyl (C=O) groups excluding carboxylic acids is 2. The molecule has 0 amide bonds. The van der Waals surface area contributed by atoms with Crippen LogP contribution >= 0.6 is 7.67 Å². The molecule has 6 N–H and O–H groups in total. The molecule has 2 aromatic rings. The van der Waals surface area contributed by atoms with Crippen molar-refractivity contribution in [1.29, 1.82) is 0 Å². The van der Waals surface area contributed by atoms with Crippen LogP contribution in [0.1, 0.15) is 68.0 Å². The molecule has 0 spiro atoms. The Morgan fingerprint density at radius 3 is 2.35 bits per heavy atom. The number of aliphatic hydroxyl groups is 2. The fourth-order valence-corrected chi connectivity index (χ4v) is 6.97. The second-order valence-electron chi connectivity index (χ2n) is 11.9. The summed E-state index contributed by atoms with van der Waals surface area (Å²) in [6, 6.07) is -2.16. The molecule has 46 heavy (non-hydrogen) atoms. The number of rotatable bonds is 17. The fraction of sp³-hybridized carbons (Fsp3) is 0.750. The number of nitrogens with two attached hydrogens (primary N) is 1. The number of nitrogens with zero attached hydrogens (tertiary/aromatic N) is 4. The third kappa shape index (κ3) is 8.70. The average molecular weight is 674 g/mol. The summed E-state index contributed by atoms with van der Waals surface area (Å²) < 4.78 is 43.7. The number of aromatic nitrogens is 4. The number of aliphatic hydroxyl groups excluding tert-OH is 1. The van der Waals surface area contributed by atoms with Gasteiger partial charge in [-0.3, -0.25) is 18.7 Å². The van der Waals surface area contributed by atoms with E-state index in [2.05, 4.69) is 25.1 Å². The first-order valence-electron chi connectivity index (χ1n) is 15.4. The molecule has 0 saturated carbocycles. The van der Waals surface area contributed by atoms with Gasteiger partial charge in [0, 0.05) is 0 Å². The zero-order chi connectivity index (χ0) is 34.4. The van der Waals surface area contributed by atoms with Crippen LogP contribution in [0.2, 0.25) is 0 Å². The van der Waals surface area contributed by atoms with E-state index in [4.69, 9.17) is 29.2 Å². The number of esters is 2. The van der Waals surface area contributed by atoms with Gasteiger partial charge in [-0.25, -0.2) is 15.2 Å². The van der Waals surface area contributed by atoms with E-state index in [-0.39, 0.29) is 48.5 Å². The Hall–Kier alpha value is -2.92. The van der Waals surface area contributed by atoms with E-state index >= 15 is 0 Å². The lowest BCUT2D eigenvalue weighted by atomic mass is 9.96. The highest BCUT2D eigenvalue weighted by Gasteiger charge is 2.54. The number of nitrogen functional groups attached to an aromatic ring is 1. The predicted octanol–water partition coefficient (Wildman–Crippen LogP) is 1.69. The van der Waals surface area contributed by atoms with Gasteiger partial charge < -0.3 is 39.4 Å². The summed E-state index contributed by atoms with van der Waals surface area (Å²) in [5.74, 6) is -1.69. The van der Waals surface area contributed by atoms with Crippen molar-refractivity contribution in [2.75, 3.05) is 32.2 Å². The van der Waals surface area contributed by atoms with Crippen LogP contribution in [0.5, 0.6) is 5.88 Å². The Labute approximate surface area is 268 Å². The van der Waals surface area contributed by atoms with E-state index in [1.807, 2.05) is 13.8 Å². The van der Waals surface area contributed by atoms with Crippen LogP contribution in [0.3, 0.4) is 0 Å². The number of ether oxygens (including phenoxy) is 4. The standard InChI is InChI=1S/C28H48N7O10P/c1-9-41-23-20-22(31-27(29)32-23)35(14-30-20)26-28(8,39)21(36)18(45-26)13-44-46(40,34-19(16(6)7)25(38)43-11-3)33-17(12-15(4)5)24(37)42-10-2/h14-19,21,26,36,39H,9-13H2,1-8H3,(H2,29,31,32)(H2,33,34,40)/t17-,18-,19+,21-,26-,28-,46?/m1/s1.